The van der Waals surface area contributed by atoms with Crippen LogP contribution in [-0.4, -0.2) is 29.4 Å². The second-order valence-corrected chi connectivity index (χ2v) is 5.88. The second-order valence-electron chi connectivity index (χ2n) is 5.47. The topological polar surface area (TPSA) is 46.2 Å². The molecular weight excluding hydrogens is 270 g/mol. The van der Waals surface area contributed by atoms with Gasteiger partial charge in [0.15, 0.2) is 5.11 Å². The maximum absolute atomic E-state index is 5.44. The van der Waals surface area contributed by atoms with Crippen LogP contribution in [0.1, 0.15) is 37.8 Å². The molecule has 0 bridgehead atoms. The van der Waals surface area contributed by atoms with E-state index in [4.69, 9.17) is 17.0 Å². The van der Waals surface area contributed by atoms with Gasteiger partial charge in [-0.2, -0.15) is 0 Å². The zero-order valence-corrected chi connectivity index (χ0v) is 13.1. The van der Waals surface area contributed by atoms with E-state index in [-0.39, 0.29) is 5.54 Å². The van der Waals surface area contributed by atoms with Crippen molar-refractivity contribution in [2.24, 2.45) is 0 Å². The Morgan fingerprint density at radius 2 is 2.15 bits per heavy atom. The van der Waals surface area contributed by atoms with Crippen LogP contribution in [0.5, 0.6) is 0 Å². The monoisotopic (exact) mass is 293 g/mol. The first-order chi connectivity index (χ1) is 9.63. The summed E-state index contributed by atoms with van der Waals surface area (Å²) in [5.74, 6) is 0.794. The number of aromatic nitrogens is 1. The van der Waals surface area contributed by atoms with Crippen LogP contribution in [0, 0.1) is 6.92 Å². The molecule has 1 aromatic heterocycles. The highest BCUT2D eigenvalue weighted by Gasteiger charge is 2.33. The molecule has 2 N–H and O–H groups in total. The molecule has 0 unspecified atom stereocenters. The molecule has 0 aliphatic heterocycles. The molecule has 4 nitrogen and oxygen atoms in total. The Labute approximate surface area is 126 Å². The van der Waals surface area contributed by atoms with Crippen LogP contribution in [0.25, 0.3) is 0 Å². The summed E-state index contributed by atoms with van der Waals surface area (Å²) in [7, 11) is 1.75. The Morgan fingerprint density at radius 1 is 1.40 bits per heavy atom. The number of methoxy groups -OCH3 is 1. The normalized spacial score (nSPS) is 16.9. The highest BCUT2D eigenvalue weighted by molar-refractivity contribution is 7.80. The summed E-state index contributed by atoms with van der Waals surface area (Å²) in [5.41, 5.74) is 1.07. The number of aryl methyl sites for hydroxylation is 1. The molecule has 0 saturated heterocycles. The van der Waals surface area contributed by atoms with Crippen LogP contribution in [0.2, 0.25) is 0 Å². The molecule has 0 aromatic carbocycles. The zero-order valence-electron chi connectivity index (χ0n) is 12.2. The molecule has 0 spiro atoms. The van der Waals surface area contributed by atoms with Crippen LogP contribution in [0.15, 0.2) is 18.2 Å². The number of anilines is 1. The highest BCUT2D eigenvalue weighted by atomic mass is 32.1. The molecular formula is C15H23N3OS. The fraction of sp³-hybridized carbons (Fsp3) is 0.600. The summed E-state index contributed by atoms with van der Waals surface area (Å²) in [6.45, 7) is 2.73. The fourth-order valence-corrected chi connectivity index (χ4v) is 3.11. The highest BCUT2D eigenvalue weighted by Crippen LogP contribution is 2.32. The van der Waals surface area contributed by atoms with Gasteiger partial charge < -0.3 is 15.4 Å². The van der Waals surface area contributed by atoms with Crippen LogP contribution in [0.3, 0.4) is 0 Å². The van der Waals surface area contributed by atoms with E-state index in [0.717, 1.165) is 37.4 Å². The standard InChI is InChI=1S/C15H23N3OS/c1-12-6-5-7-13(16-12)17-14(20)18-15(10-11-19-2)8-3-4-9-15/h5-7H,3-4,8-11H2,1-2H3,(H2,16,17,18,20). The largest absolute Gasteiger partial charge is 0.385 e. The van der Waals surface area contributed by atoms with Gasteiger partial charge in [0, 0.05) is 24.9 Å². The maximum atomic E-state index is 5.44. The molecule has 1 aliphatic rings. The minimum Gasteiger partial charge on any atom is -0.385 e. The van der Waals surface area contributed by atoms with Gasteiger partial charge in [-0.05, 0) is 50.5 Å². The number of nitrogens with zero attached hydrogens (tertiary/aromatic N) is 1. The van der Waals surface area contributed by atoms with Crippen molar-refractivity contribution in [3.8, 4) is 0 Å². The number of ether oxygens (including phenoxy) is 1. The first-order valence-electron chi connectivity index (χ1n) is 7.15. The van der Waals surface area contributed by atoms with Gasteiger partial charge in [-0.3, -0.25) is 0 Å². The van der Waals surface area contributed by atoms with Crippen LogP contribution < -0.4 is 10.6 Å². The predicted octanol–water partition coefficient (Wildman–Crippen LogP) is 3.03. The molecule has 1 saturated carbocycles. The third-order valence-electron chi connectivity index (χ3n) is 3.85. The van der Waals surface area contributed by atoms with Crippen molar-refractivity contribution in [2.75, 3.05) is 19.0 Å². The quantitative estimate of drug-likeness (QED) is 0.817. The van der Waals surface area contributed by atoms with Crippen molar-refractivity contribution in [2.45, 2.75) is 44.6 Å². The molecule has 20 heavy (non-hydrogen) atoms. The molecule has 1 aromatic rings. The Kier molecular flexibility index (Phi) is 5.31. The van der Waals surface area contributed by atoms with Crippen molar-refractivity contribution in [3.05, 3.63) is 23.9 Å². The van der Waals surface area contributed by atoms with E-state index in [0.29, 0.717) is 5.11 Å². The lowest BCUT2D eigenvalue weighted by molar-refractivity contribution is 0.163. The fourth-order valence-electron chi connectivity index (χ4n) is 2.79. The number of hydrogen-bond donors (Lipinski definition) is 2. The molecule has 5 heteroatoms. The zero-order chi connectivity index (χ0) is 14.4. The smallest absolute Gasteiger partial charge is 0.172 e. The van der Waals surface area contributed by atoms with Gasteiger partial charge in [-0.1, -0.05) is 18.9 Å². The molecule has 2 rings (SSSR count). The number of rotatable bonds is 5. The summed E-state index contributed by atoms with van der Waals surface area (Å²) in [6, 6.07) is 5.87. The number of thiocarbonyl (C=S) groups is 1. The van der Waals surface area contributed by atoms with Crippen molar-refractivity contribution in [1.82, 2.24) is 10.3 Å². The molecule has 110 valence electrons. The summed E-state index contributed by atoms with van der Waals surface area (Å²) in [5, 5.41) is 7.33. The van der Waals surface area contributed by atoms with Crippen molar-refractivity contribution in [3.63, 3.8) is 0 Å². The minimum absolute atomic E-state index is 0.0872. The van der Waals surface area contributed by atoms with Crippen LogP contribution in [-0.2, 0) is 4.74 Å². The lowest BCUT2D eigenvalue weighted by Crippen LogP contribution is -2.48. The maximum Gasteiger partial charge on any atom is 0.172 e. The van der Waals surface area contributed by atoms with E-state index in [9.17, 15) is 0 Å². The Morgan fingerprint density at radius 3 is 2.80 bits per heavy atom. The van der Waals surface area contributed by atoms with E-state index < -0.39 is 0 Å². The lowest BCUT2D eigenvalue weighted by Gasteiger charge is -2.31. The van der Waals surface area contributed by atoms with Crippen molar-refractivity contribution < 1.29 is 4.74 Å². The third kappa shape index (κ3) is 4.15. The number of hydrogen-bond acceptors (Lipinski definition) is 3. The predicted molar refractivity (Wildman–Crippen MR) is 86.0 cm³/mol. The summed E-state index contributed by atoms with van der Waals surface area (Å²) in [4.78, 5) is 4.41. The van der Waals surface area contributed by atoms with E-state index in [1.807, 2.05) is 25.1 Å². The van der Waals surface area contributed by atoms with Gasteiger partial charge in [0.1, 0.15) is 5.82 Å². The Hall–Kier alpha value is -1.20. The lowest BCUT2D eigenvalue weighted by atomic mass is 9.94. The summed E-state index contributed by atoms with van der Waals surface area (Å²) < 4.78 is 5.23. The Bertz CT molecular complexity index is 458. The third-order valence-corrected chi connectivity index (χ3v) is 4.06. The average Bonchev–Trinajstić information content (AvgIpc) is 2.85. The molecule has 0 atom stereocenters. The van der Waals surface area contributed by atoms with E-state index >= 15 is 0 Å². The number of nitrogens with one attached hydrogen (secondary N) is 2. The van der Waals surface area contributed by atoms with Crippen molar-refractivity contribution >= 4 is 23.1 Å². The van der Waals surface area contributed by atoms with Gasteiger partial charge in [-0.25, -0.2) is 4.98 Å². The first-order valence-corrected chi connectivity index (χ1v) is 7.56. The number of pyridine rings is 1. The van der Waals surface area contributed by atoms with E-state index in [2.05, 4.69) is 15.6 Å². The van der Waals surface area contributed by atoms with Gasteiger partial charge in [0.25, 0.3) is 0 Å². The Balaban J connectivity index is 1.94. The second kappa shape index (κ2) is 6.99. The SMILES string of the molecule is COCCC1(NC(=S)Nc2cccc(C)n2)CCCC1. The van der Waals surface area contributed by atoms with Gasteiger partial charge in [-0.15, -0.1) is 0 Å². The minimum atomic E-state index is 0.0872. The van der Waals surface area contributed by atoms with Gasteiger partial charge in [0.2, 0.25) is 0 Å². The molecule has 0 amide bonds. The van der Waals surface area contributed by atoms with E-state index in [1.165, 1.54) is 12.8 Å². The average molecular weight is 293 g/mol. The summed E-state index contributed by atoms with van der Waals surface area (Å²) in [6.07, 6.45) is 5.80. The molecule has 1 fully saturated rings. The van der Waals surface area contributed by atoms with Crippen LogP contribution in [0.4, 0.5) is 5.82 Å². The van der Waals surface area contributed by atoms with Gasteiger partial charge in [0.05, 0.1) is 0 Å². The van der Waals surface area contributed by atoms with Gasteiger partial charge >= 0.3 is 0 Å². The molecule has 0 radical (unpaired) electrons. The molecule has 1 aliphatic carbocycles. The molecule has 1 heterocycles. The summed E-state index contributed by atoms with van der Waals surface area (Å²) >= 11 is 5.44. The van der Waals surface area contributed by atoms with Crippen molar-refractivity contribution in [1.29, 1.82) is 0 Å². The first kappa shape index (κ1) is 15.2. The van der Waals surface area contributed by atoms with E-state index in [1.54, 1.807) is 7.11 Å². The van der Waals surface area contributed by atoms with Crippen LogP contribution >= 0.6 is 12.2 Å².